The molecule has 2 heterocycles. The minimum Gasteiger partial charge on any atom is -0.306 e. The number of nitrogens with zero attached hydrogens (tertiary/aromatic N) is 2. The predicted octanol–water partition coefficient (Wildman–Crippen LogP) is 2.69. The van der Waals surface area contributed by atoms with Gasteiger partial charge >= 0.3 is 11.9 Å². The average molecular weight is 313 g/mol. The first kappa shape index (κ1) is 15.1. The fourth-order valence-corrected chi connectivity index (χ4v) is 3.13. The fourth-order valence-electron chi connectivity index (χ4n) is 3.13. The van der Waals surface area contributed by atoms with Gasteiger partial charge in [0.15, 0.2) is 0 Å². The number of benzene rings is 1. The SMILES string of the molecule is CN1CCC(Cn2c(=O)[nH]c3cccc(C(F)(F)F)c32)CC1. The first-order chi connectivity index (χ1) is 10.4. The van der Waals surface area contributed by atoms with Crippen molar-refractivity contribution < 1.29 is 13.2 Å². The third-order valence-corrected chi connectivity index (χ3v) is 4.38. The van der Waals surface area contributed by atoms with Gasteiger partial charge in [-0.15, -0.1) is 0 Å². The molecule has 7 heteroatoms. The summed E-state index contributed by atoms with van der Waals surface area (Å²) in [6, 6.07) is 3.86. The highest BCUT2D eigenvalue weighted by Crippen LogP contribution is 2.34. The maximum Gasteiger partial charge on any atom is 0.418 e. The second-order valence-corrected chi connectivity index (χ2v) is 5.99. The van der Waals surface area contributed by atoms with Crippen molar-refractivity contribution in [1.29, 1.82) is 0 Å². The van der Waals surface area contributed by atoms with Crippen molar-refractivity contribution in [2.75, 3.05) is 20.1 Å². The Morgan fingerprint density at radius 3 is 2.59 bits per heavy atom. The molecule has 0 radical (unpaired) electrons. The van der Waals surface area contributed by atoms with E-state index in [4.69, 9.17) is 0 Å². The molecule has 2 aromatic rings. The number of piperidine rings is 1. The monoisotopic (exact) mass is 313 g/mol. The molecule has 1 aliphatic heterocycles. The van der Waals surface area contributed by atoms with Gasteiger partial charge in [-0.05, 0) is 51.0 Å². The summed E-state index contributed by atoms with van der Waals surface area (Å²) in [6.07, 6.45) is -2.68. The summed E-state index contributed by atoms with van der Waals surface area (Å²) < 4.78 is 40.9. The number of imidazole rings is 1. The summed E-state index contributed by atoms with van der Waals surface area (Å²) >= 11 is 0. The van der Waals surface area contributed by atoms with E-state index in [1.54, 1.807) is 0 Å². The van der Waals surface area contributed by atoms with Crippen LogP contribution in [0.4, 0.5) is 13.2 Å². The summed E-state index contributed by atoms with van der Waals surface area (Å²) in [6.45, 7) is 2.15. The topological polar surface area (TPSA) is 41.0 Å². The largest absolute Gasteiger partial charge is 0.418 e. The number of likely N-dealkylation sites (tertiary alicyclic amines) is 1. The number of halogens is 3. The summed E-state index contributed by atoms with van der Waals surface area (Å²) in [5, 5.41) is 0. The Kier molecular flexibility index (Phi) is 3.76. The molecule has 0 aliphatic carbocycles. The maximum absolute atomic E-state index is 13.2. The van der Waals surface area contributed by atoms with Gasteiger partial charge < -0.3 is 9.88 Å². The van der Waals surface area contributed by atoms with Gasteiger partial charge in [-0.3, -0.25) is 4.57 Å². The smallest absolute Gasteiger partial charge is 0.306 e. The number of hydrogen-bond donors (Lipinski definition) is 1. The van der Waals surface area contributed by atoms with Gasteiger partial charge in [0.25, 0.3) is 0 Å². The van der Waals surface area contributed by atoms with E-state index in [9.17, 15) is 18.0 Å². The molecule has 1 fully saturated rings. The van der Waals surface area contributed by atoms with Crippen molar-refractivity contribution in [2.24, 2.45) is 5.92 Å². The maximum atomic E-state index is 13.2. The molecule has 4 nitrogen and oxygen atoms in total. The number of fused-ring (bicyclic) bond motifs is 1. The quantitative estimate of drug-likeness (QED) is 0.926. The molecule has 0 bridgehead atoms. The van der Waals surface area contributed by atoms with Crippen LogP contribution in [0.25, 0.3) is 11.0 Å². The van der Waals surface area contributed by atoms with Crippen molar-refractivity contribution in [3.05, 3.63) is 34.2 Å². The van der Waals surface area contributed by atoms with Crippen molar-refractivity contribution in [3.63, 3.8) is 0 Å². The normalized spacial score (nSPS) is 18.2. The van der Waals surface area contributed by atoms with Crippen molar-refractivity contribution in [1.82, 2.24) is 14.5 Å². The van der Waals surface area contributed by atoms with Gasteiger partial charge in [-0.1, -0.05) is 6.07 Å². The highest BCUT2D eigenvalue weighted by atomic mass is 19.4. The molecule has 0 unspecified atom stereocenters. The van der Waals surface area contributed by atoms with Crippen LogP contribution >= 0.6 is 0 Å². The van der Waals surface area contributed by atoms with Crippen LogP contribution in [0.5, 0.6) is 0 Å². The zero-order valence-corrected chi connectivity index (χ0v) is 12.3. The number of H-pyrrole nitrogens is 1. The average Bonchev–Trinajstić information content (AvgIpc) is 2.76. The molecular formula is C15H18F3N3O. The molecular weight excluding hydrogens is 295 g/mol. The van der Waals surface area contributed by atoms with Crippen LogP contribution in [0.15, 0.2) is 23.0 Å². The van der Waals surface area contributed by atoms with Gasteiger partial charge in [0.1, 0.15) is 0 Å². The molecule has 0 amide bonds. The molecule has 0 saturated carbocycles. The highest BCUT2D eigenvalue weighted by molar-refractivity contribution is 5.79. The van der Waals surface area contributed by atoms with Crippen molar-refractivity contribution >= 4 is 11.0 Å². The Hall–Kier alpha value is -1.76. The molecule has 22 heavy (non-hydrogen) atoms. The zero-order chi connectivity index (χ0) is 15.9. The lowest BCUT2D eigenvalue weighted by atomic mass is 9.97. The molecule has 1 aliphatic rings. The minimum atomic E-state index is -4.47. The molecule has 1 aromatic carbocycles. The van der Waals surface area contributed by atoms with Crippen LogP contribution < -0.4 is 5.69 Å². The van der Waals surface area contributed by atoms with E-state index >= 15 is 0 Å². The fraction of sp³-hybridized carbons (Fsp3) is 0.533. The van der Waals surface area contributed by atoms with Gasteiger partial charge in [0, 0.05) is 6.54 Å². The first-order valence-electron chi connectivity index (χ1n) is 7.33. The number of aromatic amines is 1. The van der Waals surface area contributed by atoms with E-state index in [0.29, 0.717) is 6.54 Å². The Morgan fingerprint density at radius 2 is 1.95 bits per heavy atom. The summed E-state index contributed by atoms with van der Waals surface area (Å²) in [4.78, 5) is 16.8. The minimum absolute atomic E-state index is 0.0288. The lowest BCUT2D eigenvalue weighted by Crippen LogP contribution is -2.33. The predicted molar refractivity (Wildman–Crippen MR) is 77.8 cm³/mol. The summed E-state index contributed by atoms with van der Waals surface area (Å²) in [7, 11) is 2.02. The van der Waals surface area contributed by atoms with Crippen LogP contribution in [-0.4, -0.2) is 34.6 Å². The standard InChI is InChI=1S/C15H18F3N3O/c1-20-7-5-10(6-8-20)9-21-13-11(15(16,17)18)3-2-4-12(13)19-14(21)22/h2-4,10H,5-9H2,1H3,(H,19,22). The van der Waals surface area contributed by atoms with Gasteiger partial charge in [-0.2, -0.15) is 13.2 Å². The number of rotatable bonds is 2. The third kappa shape index (κ3) is 2.77. The molecule has 1 aromatic heterocycles. The van der Waals surface area contributed by atoms with Crippen LogP contribution in [0, 0.1) is 5.92 Å². The van der Waals surface area contributed by atoms with Crippen LogP contribution in [0.2, 0.25) is 0 Å². The van der Waals surface area contributed by atoms with Crippen LogP contribution in [-0.2, 0) is 12.7 Å². The molecule has 0 atom stereocenters. The number of hydrogen-bond acceptors (Lipinski definition) is 2. The van der Waals surface area contributed by atoms with E-state index in [1.807, 2.05) is 7.05 Å². The van der Waals surface area contributed by atoms with Crippen LogP contribution in [0.3, 0.4) is 0 Å². The van der Waals surface area contributed by atoms with E-state index in [1.165, 1.54) is 16.7 Å². The zero-order valence-electron chi connectivity index (χ0n) is 12.3. The number of nitrogens with one attached hydrogen (secondary N) is 1. The Bertz CT molecular complexity index is 724. The third-order valence-electron chi connectivity index (χ3n) is 4.38. The van der Waals surface area contributed by atoms with E-state index in [2.05, 4.69) is 9.88 Å². The van der Waals surface area contributed by atoms with E-state index in [-0.39, 0.29) is 17.0 Å². The van der Waals surface area contributed by atoms with Crippen LogP contribution in [0.1, 0.15) is 18.4 Å². The highest BCUT2D eigenvalue weighted by Gasteiger charge is 2.34. The second kappa shape index (κ2) is 5.46. The van der Waals surface area contributed by atoms with Gasteiger partial charge in [-0.25, -0.2) is 4.79 Å². The molecule has 120 valence electrons. The Morgan fingerprint density at radius 1 is 1.27 bits per heavy atom. The second-order valence-electron chi connectivity index (χ2n) is 5.99. The summed E-state index contributed by atoms with van der Waals surface area (Å²) in [5.41, 5.74) is -1.01. The number of alkyl halides is 3. The summed E-state index contributed by atoms with van der Waals surface area (Å²) in [5.74, 6) is 0.231. The Labute approximate surface area is 125 Å². The van der Waals surface area contributed by atoms with Gasteiger partial charge in [0.2, 0.25) is 0 Å². The van der Waals surface area contributed by atoms with Crippen molar-refractivity contribution in [3.8, 4) is 0 Å². The van der Waals surface area contributed by atoms with Crippen molar-refractivity contribution in [2.45, 2.75) is 25.6 Å². The lowest BCUT2D eigenvalue weighted by Gasteiger charge is -2.29. The first-order valence-corrected chi connectivity index (χ1v) is 7.33. The molecule has 1 N–H and O–H groups in total. The molecule has 0 spiro atoms. The van der Waals surface area contributed by atoms with E-state index < -0.39 is 17.4 Å². The lowest BCUT2D eigenvalue weighted by molar-refractivity contribution is -0.136. The van der Waals surface area contributed by atoms with Gasteiger partial charge in [0.05, 0.1) is 16.6 Å². The Balaban J connectivity index is 2.02. The molecule has 1 saturated heterocycles. The molecule has 3 rings (SSSR count). The number of para-hydroxylation sites is 1. The van der Waals surface area contributed by atoms with E-state index in [0.717, 1.165) is 32.0 Å². The number of aromatic nitrogens is 2.